The van der Waals surface area contributed by atoms with Crippen molar-refractivity contribution in [3.05, 3.63) is 39.9 Å². The molecule has 1 saturated heterocycles. The van der Waals surface area contributed by atoms with Crippen LogP contribution in [0.1, 0.15) is 49.0 Å². The first-order valence-electron chi connectivity index (χ1n) is 10.9. The van der Waals surface area contributed by atoms with Gasteiger partial charge in [0, 0.05) is 24.6 Å². The molecule has 1 N–H and O–H groups in total. The molecule has 168 valence electrons. The van der Waals surface area contributed by atoms with Crippen LogP contribution in [0.5, 0.6) is 11.5 Å². The fourth-order valence-corrected chi connectivity index (χ4v) is 4.31. The van der Waals surface area contributed by atoms with Crippen LogP contribution in [0.2, 0.25) is 0 Å². The Labute approximate surface area is 184 Å². The van der Waals surface area contributed by atoms with Gasteiger partial charge in [-0.05, 0) is 43.9 Å². The van der Waals surface area contributed by atoms with E-state index in [9.17, 15) is 9.59 Å². The second-order valence-electron chi connectivity index (χ2n) is 8.40. The van der Waals surface area contributed by atoms with E-state index >= 15 is 0 Å². The van der Waals surface area contributed by atoms with E-state index in [0.717, 1.165) is 37.1 Å². The summed E-state index contributed by atoms with van der Waals surface area (Å²) in [6.45, 7) is 1.21. The number of carbonyl (C=O) groups excluding carboxylic acids is 1. The summed E-state index contributed by atoms with van der Waals surface area (Å²) in [5.74, 6) is 2.47. The van der Waals surface area contributed by atoms with Crippen molar-refractivity contribution >= 4 is 17.1 Å². The van der Waals surface area contributed by atoms with Crippen molar-refractivity contribution in [2.75, 3.05) is 27.3 Å². The largest absolute Gasteiger partial charge is 0.497 e. The van der Waals surface area contributed by atoms with E-state index in [1.807, 2.05) is 23.1 Å². The first-order valence-corrected chi connectivity index (χ1v) is 10.9. The predicted octanol–water partition coefficient (Wildman–Crippen LogP) is 1.82. The molecule has 0 spiro atoms. The summed E-state index contributed by atoms with van der Waals surface area (Å²) in [6.07, 6.45) is 3.81. The lowest BCUT2D eigenvalue weighted by molar-refractivity contribution is -0.131. The molecule has 0 radical (unpaired) electrons. The van der Waals surface area contributed by atoms with Crippen molar-refractivity contribution in [1.82, 2.24) is 29.9 Å². The zero-order valence-corrected chi connectivity index (χ0v) is 18.2. The fourth-order valence-electron chi connectivity index (χ4n) is 4.31. The van der Waals surface area contributed by atoms with Gasteiger partial charge in [0.15, 0.2) is 11.2 Å². The third-order valence-corrected chi connectivity index (χ3v) is 6.31. The molecule has 2 fully saturated rings. The minimum absolute atomic E-state index is 0.0454. The number of fused-ring (bicyclic) bond motifs is 1. The van der Waals surface area contributed by atoms with Crippen molar-refractivity contribution < 1.29 is 14.3 Å². The van der Waals surface area contributed by atoms with E-state index in [2.05, 4.69) is 20.3 Å². The SMILES string of the molecule is COc1ccc(OC)c(CC(=O)N2CCC(n3nnc4c(=O)[nH]c(C5CC5)nc43)CC2)c1. The van der Waals surface area contributed by atoms with Gasteiger partial charge >= 0.3 is 0 Å². The van der Waals surface area contributed by atoms with Gasteiger partial charge in [0.25, 0.3) is 5.56 Å². The van der Waals surface area contributed by atoms with E-state index < -0.39 is 0 Å². The summed E-state index contributed by atoms with van der Waals surface area (Å²) >= 11 is 0. The number of nitrogens with zero attached hydrogens (tertiary/aromatic N) is 5. The molecule has 10 nitrogen and oxygen atoms in total. The lowest BCUT2D eigenvalue weighted by Gasteiger charge is -2.32. The smallest absolute Gasteiger partial charge is 0.281 e. The number of carbonyl (C=O) groups is 1. The van der Waals surface area contributed by atoms with Gasteiger partial charge in [-0.1, -0.05) is 5.21 Å². The number of likely N-dealkylation sites (tertiary alicyclic amines) is 1. The predicted molar refractivity (Wildman–Crippen MR) is 116 cm³/mol. The molecular weight excluding hydrogens is 412 g/mol. The number of rotatable bonds is 6. The van der Waals surface area contributed by atoms with E-state index in [-0.39, 0.29) is 29.4 Å². The Balaban J connectivity index is 1.28. The average molecular weight is 438 g/mol. The lowest BCUT2D eigenvalue weighted by atomic mass is 10.0. The Morgan fingerprint density at radius 3 is 2.62 bits per heavy atom. The van der Waals surface area contributed by atoms with Gasteiger partial charge in [-0.3, -0.25) is 9.59 Å². The standard InChI is InChI=1S/C22H26N6O4/c1-31-16-5-6-17(32-2)14(11-16)12-18(29)27-9-7-15(8-10-27)28-21-19(25-26-28)22(30)24-20(23-21)13-3-4-13/h5-6,11,13,15H,3-4,7-10,12H2,1-2H3,(H,23,24,30). The van der Waals surface area contributed by atoms with Crippen LogP contribution < -0.4 is 15.0 Å². The molecule has 1 aromatic carbocycles. The molecule has 0 unspecified atom stereocenters. The van der Waals surface area contributed by atoms with Gasteiger partial charge < -0.3 is 19.4 Å². The molecule has 1 aliphatic heterocycles. The molecule has 2 aliphatic rings. The highest BCUT2D eigenvalue weighted by molar-refractivity contribution is 5.80. The van der Waals surface area contributed by atoms with E-state index in [1.54, 1.807) is 18.9 Å². The van der Waals surface area contributed by atoms with Crippen LogP contribution in [0.25, 0.3) is 11.2 Å². The van der Waals surface area contributed by atoms with Crippen LogP contribution in [0, 0.1) is 0 Å². The highest BCUT2D eigenvalue weighted by Gasteiger charge is 2.30. The zero-order chi connectivity index (χ0) is 22.2. The molecule has 1 saturated carbocycles. The topological polar surface area (TPSA) is 115 Å². The first-order chi connectivity index (χ1) is 15.6. The number of nitrogens with one attached hydrogen (secondary N) is 1. The lowest BCUT2D eigenvalue weighted by Crippen LogP contribution is -2.40. The van der Waals surface area contributed by atoms with Crippen LogP contribution in [0.3, 0.4) is 0 Å². The first kappa shape index (κ1) is 20.5. The fraction of sp³-hybridized carbons (Fsp3) is 0.500. The van der Waals surface area contributed by atoms with Gasteiger partial charge in [-0.25, -0.2) is 9.67 Å². The van der Waals surface area contributed by atoms with E-state index in [0.29, 0.717) is 36.2 Å². The molecule has 2 aromatic heterocycles. The monoisotopic (exact) mass is 438 g/mol. The number of piperidine rings is 1. The van der Waals surface area contributed by atoms with Crippen LogP contribution in [0.15, 0.2) is 23.0 Å². The second-order valence-corrected chi connectivity index (χ2v) is 8.40. The summed E-state index contributed by atoms with van der Waals surface area (Å²) in [5.41, 5.74) is 1.39. The molecule has 32 heavy (non-hydrogen) atoms. The molecule has 3 heterocycles. The Kier molecular flexibility index (Phi) is 5.28. The molecule has 0 atom stereocenters. The molecule has 5 rings (SSSR count). The number of hydrogen-bond acceptors (Lipinski definition) is 7. The summed E-state index contributed by atoms with van der Waals surface area (Å²) in [6, 6.07) is 5.52. The number of methoxy groups -OCH3 is 2. The molecule has 10 heteroatoms. The van der Waals surface area contributed by atoms with Crippen LogP contribution in [-0.2, 0) is 11.2 Å². The Morgan fingerprint density at radius 1 is 1.16 bits per heavy atom. The van der Waals surface area contributed by atoms with Crippen LogP contribution >= 0.6 is 0 Å². The third-order valence-electron chi connectivity index (χ3n) is 6.31. The van der Waals surface area contributed by atoms with E-state index in [4.69, 9.17) is 9.47 Å². The number of amides is 1. The van der Waals surface area contributed by atoms with Gasteiger partial charge in [-0.15, -0.1) is 5.10 Å². The summed E-state index contributed by atoms with van der Waals surface area (Å²) in [4.78, 5) is 34.7. The quantitative estimate of drug-likeness (QED) is 0.624. The molecule has 3 aromatic rings. The Morgan fingerprint density at radius 2 is 1.94 bits per heavy atom. The summed E-state index contributed by atoms with van der Waals surface area (Å²) in [7, 11) is 3.19. The van der Waals surface area contributed by atoms with Crippen molar-refractivity contribution in [3.8, 4) is 11.5 Å². The molecular formula is C22H26N6O4. The number of aromatic amines is 1. The Hall–Kier alpha value is -3.43. The minimum Gasteiger partial charge on any atom is -0.497 e. The van der Waals surface area contributed by atoms with Gasteiger partial charge in [0.2, 0.25) is 5.91 Å². The maximum Gasteiger partial charge on any atom is 0.281 e. The van der Waals surface area contributed by atoms with Crippen molar-refractivity contribution in [3.63, 3.8) is 0 Å². The van der Waals surface area contributed by atoms with Crippen molar-refractivity contribution in [2.24, 2.45) is 0 Å². The van der Waals surface area contributed by atoms with E-state index in [1.165, 1.54) is 0 Å². The number of ether oxygens (including phenoxy) is 2. The normalized spacial score (nSPS) is 17.0. The van der Waals surface area contributed by atoms with Crippen LogP contribution in [0.4, 0.5) is 0 Å². The van der Waals surface area contributed by atoms with Gasteiger partial charge in [0.05, 0.1) is 26.7 Å². The maximum absolute atomic E-state index is 12.9. The molecule has 1 aliphatic carbocycles. The number of aromatic nitrogens is 5. The zero-order valence-electron chi connectivity index (χ0n) is 18.2. The highest BCUT2D eigenvalue weighted by atomic mass is 16.5. The molecule has 0 bridgehead atoms. The van der Waals surface area contributed by atoms with Gasteiger partial charge in [-0.2, -0.15) is 0 Å². The molecule has 1 amide bonds. The van der Waals surface area contributed by atoms with Crippen LogP contribution in [-0.4, -0.2) is 63.1 Å². The minimum atomic E-state index is -0.233. The maximum atomic E-state index is 12.9. The Bertz CT molecular complexity index is 1210. The summed E-state index contributed by atoms with van der Waals surface area (Å²) in [5, 5.41) is 8.29. The van der Waals surface area contributed by atoms with Gasteiger partial charge in [0.1, 0.15) is 17.3 Å². The average Bonchev–Trinajstić information content (AvgIpc) is 3.58. The van der Waals surface area contributed by atoms with Crippen molar-refractivity contribution in [1.29, 1.82) is 0 Å². The van der Waals surface area contributed by atoms with Crippen molar-refractivity contribution in [2.45, 2.75) is 44.1 Å². The number of benzene rings is 1. The third kappa shape index (κ3) is 3.80. The second kappa shape index (κ2) is 8.25. The number of hydrogen-bond donors (Lipinski definition) is 1. The summed E-state index contributed by atoms with van der Waals surface area (Å²) < 4.78 is 12.4. The number of H-pyrrole nitrogens is 1. The highest BCUT2D eigenvalue weighted by Crippen LogP contribution is 2.38.